The maximum Gasteiger partial charge on any atom is 0.220 e. The van der Waals surface area contributed by atoms with E-state index in [-0.39, 0.29) is 11.3 Å². The van der Waals surface area contributed by atoms with Crippen molar-refractivity contribution in [3.05, 3.63) is 35.4 Å². The normalized spacial score (nSPS) is 17.2. The molecule has 0 bridgehead atoms. The molecule has 0 aromatic heterocycles. The second-order valence-corrected chi connectivity index (χ2v) is 6.44. The third-order valence-electron chi connectivity index (χ3n) is 4.38. The average Bonchev–Trinajstić information content (AvgIpc) is 2.50. The highest BCUT2D eigenvalue weighted by Gasteiger charge is 2.26. The molecular weight excluding hydrogens is 286 g/mol. The van der Waals surface area contributed by atoms with Crippen molar-refractivity contribution in [1.29, 1.82) is 0 Å². The van der Waals surface area contributed by atoms with Crippen molar-refractivity contribution in [2.45, 2.75) is 39.0 Å². The van der Waals surface area contributed by atoms with Crippen molar-refractivity contribution in [1.82, 2.24) is 10.6 Å². The minimum absolute atomic E-state index is 0.0299. The second-order valence-electron chi connectivity index (χ2n) is 6.44. The van der Waals surface area contributed by atoms with Gasteiger partial charge in [0.15, 0.2) is 11.6 Å². The SMILES string of the molecule is CC1(CNC(=O)CCCc2ccc(F)c(F)c2)CCNCC1. The second kappa shape index (κ2) is 7.68. The van der Waals surface area contributed by atoms with Crippen LogP contribution in [0.25, 0.3) is 0 Å². The summed E-state index contributed by atoms with van der Waals surface area (Å²) in [6.45, 7) is 4.92. The van der Waals surface area contributed by atoms with Crippen LogP contribution in [0.4, 0.5) is 8.78 Å². The van der Waals surface area contributed by atoms with Crippen molar-refractivity contribution in [3.63, 3.8) is 0 Å². The average molecular weight is 310 g/mol. The quantitative estimate of drug-likeness (QED) is 0.848. The molecule has 1 aliphatic heterocycles. The first-order chi connectivity index (χ1) is 10.5. The van der Waals surface area contributed by atoms with Crippen LogP contribution in [0.1, 0.15) is 38.2 Å². The third kappa shape index (κ3) is 5.05. The van der Waals surface area contributed by atoms with Crippen LogP contribution in [0.3, 0.4) is 0 Å². The van der Waals surface area contributed by atoms with Crippen LogP contribution in [-0.4, -0.2) is 25.5 Å². The molecule has 0 spiro atoms. The molecule has 22 heavy (non-hydrogen) atoms. The summed E-state index contributed by atoms with van der Waals surface area (Å²) >= 11 is 0. The maximum absolute atomic E-state index is 13.1. The van der Waals surface area contributed by atoms with E-state index in [1.54, 1.807) is 6.07 Å². The van der Waals surface area contributed by atoms with E-state index < -0.39 is 11.6 Å². The number of piperidine rings is 1. The van der Waals surface area contributed by atoms with Crippen LogP contribution in [-0.2, 0) is 11.2 Å². The number of aryl methyl sites for hydroxylation is 1. The van der Waals surface area contributed by atoms with Crippen molar-refractivity contribution in [2.75, 3.05) is 19.6 Å². The van der Waals surface area contributed by atoms with Gasteiger partial charge in [0.2, 0.25) is 5.91 Å². The van der Waals surface area contributed by atoms with Gasteiger partial charge < -0.3 is 10.6 Å². The monoisotopic (exact) mass is 310 g/mol. The van der Waals surface area contributed by atoms with Crippen LogP contribution in [0.2, 0.25) is 0 Å². The summed E-state index contributed by atoms with van der Waals surface area (Å²) in [7, 11) is 0. The smallest absolute Gasteiger partial charge is 0.220 e. The molecule has 1 aromatic rings. The summed E-state index contributed by atoms with van der Waals surface area (Å²) < 4.78 is 25.9. The van der Waals surface area contributed by atoms with Gasteiger partial charge in [-0.15, -0.1) is 0 Å². The Hall–Kier alpha value is -1.49. The molecule has 0 unspecified atom stereocenters. The predicted octanol–water partition coefficient (Wildman–Crippen LogP) is 2.79. The van der Waals surface area contributed by atoms with E-state index in [4.69, 9.17) is 0 Å². The minimum atomic E-state index is -0.836. The van der Waals surface area contributed by atoms with Crippen LogP contribution in [0.5, 0.6) is 0 Å². The zero-order chi connectivity index (χ0) is 16.0. The number of nitrogens with one attached hydrogen (secondary N) is 2. The Bertz CT molecular complexity index is 513. The largest absolute Gasteiger partial charge is 0.356 e. The van der Waals surface area contributed by atoms with Gasteiger partial charge in [-0.3, -0.25) is 4.79 Å². The lowest BCUT2D eigenvalue weighted by molar-refractivity contribution is -0.121. The summed E-state index contributed by atoms with van der Waals surface area (Å²) in [6.07, 6.45) is 3.76. The van der Waals surface area contributed by atoms with E-state index in [1.165, 1.54) is 6.07 Å². The maximum atomic E-state index is 13.1. The van der Waals surface area contributed by atoms with Crippen molar-refractivity contribution < 1.29 is 13.6 Å². The number of hydrogen-bond donors (Lipinski definition) is 2. The van der Waals surface area contributed by atoms with E-state index in [1.807, 2.05) is 0 Å². The fourth-order valence-electron chi connectivity index (χ4n) is 2.76. The topological polar surface area (TPSA) is 41.1 Å². The van der Waals surface area contributed by atoms with Crippen LogP contribution >= 0.6 is 0 Å². The highest BCUT2D eigenvalue weighted by atomic mass is 19.2. The minimum Gasteiger partial charge on any atom is -0.356 e. The number of hydrogen-bond acceptors (Lipinski definition) is 2. The first kappa shape index (κ1) is 16.9. The number of halogens is 2. The van der Waals surface area contributed by atoms with E-state index in [0.717, 1.165) is 37.6 Å². The van der Waals surface area contributed by atoms with E-state index in [2.05, 4.69) is 17.6 Å². The Morgan fingerprint density at radius 2 is 2.00 bits per heavy atom. The van der Waals surface area contributed by atoms with Crippen LogP contribution in [0, 0.1) is 17.0 Å². The first-order valence-electron chi connectivity index (χ1n) is 7.90. The molecule has 2 N–H and O–H groups in total. The van der Waals surface area contributed by atoms with Crippen molar-refractivity contribution in [3.8, 4) is 0 Å². The zero-order valence-electron chi connectivity index (χ0n) is 13.1. The van der Waals surface area contributed by atoms with E-state index >= 15 is 0 Å². The Labute approximate surface area is 130 Å². The molecule has 1 fully saturated rings. The molecule has 0 atom stereocenters. The number of benzene rings is 1. The summed E-state index contributed by atoms with van der Waals surface area (Å²) in [5, 5.41) is 6.32. The standard InChI is InChI=1S/C17H24F2N2O/c1-17(7-9-20-10-8-17)12-21-16(22)4-2-3-13-5-6-14(18)15(19)11-13/h5-6,11,20H,2-4,7-10,12H2,1H3,(H,21,22). The highest BCUT2D eigenvalue weighted by Crippen LogP contribution is 2.26. The molecule has 0 radical (unpaired) electrons. The molecule has 0 aliphatic carbocycles. The van der Waals surface area contributed by atoms with E-state index in [0.29, 0.717) is 25.8 Å². The molecule has 1 saturated heterocycles. The molecule has 0 saturated carbocycles. The van der Waals surface area contributed by atoms with Crippen molar-refractivity contribution in [2.24, 2.45) is 5.41 Å². The first-order valence-corrected chi connectivity index (χ1v) is 7.90. The Balaban J connectivity index is 1.68. The van der Waals surface area contributed by atoms with Gasteiger partial charge in [0, 0.05) is 13.0 Å². The van der Waals surface area contributed by atoms with Gasteiger partial charge in [-0.2, -0.15) is 0 Å². The van der Waals surface area contributed by atoms with Crippen LogP contribution < -0.4 is 10.6 Å². The summed E-state index contributed by atoms with van der Waals surface area (Å²) in [5.74, 6) is -1.64. The zero-order valence-corrected chi connectivity index (χ0v) is 13.1. The molecule has 1 heterocycles. The lowest BCUT2D eigenvalue weighted by atomic mass is 9.81. The Morgan fingerprint density at radius 1 is 1.27 bits per heavy atom. The van der Waals surface area contributed by atoms with Gasteiger partial charge in [-0.1, -0.05) is 13.0 Å². The molecule has 122 valence electrons. The highest BCUT2D eigenvalue weighted by molar-refractivity contribution is 5.75. The fourth-order valence-corrected chi connectivity index (χ4v) is 2.76. The summed E-state index contributed by atoms with van der Waals surface area (Å²) in [5.41, 5.74) is 0.901. The lowest BCUT2D eigenvalue weighted by Gasteiger charge is -2.34. The summed E-state index contributed by atoms with van der Waals surface area (Å²) in [6, 6.07) is 3.89. The Morgan fingerprint density at radius 3 is 2.68 bits per heavy atom. The number of carbonyl (C=O) groups is 1. The Kier molecular flexibility index (Phi) is 5.89. The van der Waals surface area contributed by atoms with Crippen molar-refractivity contribution >= 4 is 5.91 Å². The number of carbonyl (C=O) groups excluding carboxylic acids is 1. The lowest BCUT2D eigenvalue weighted by Crippen LogP contribution is -2.42. The molecular formula is C17H24F2N2O. The molecule has 1 aliphatic rings. The molecule has 1 aromatic carbocycles. The van der Waals surface area contributed by atoms with Gasteiger partial charge in [0.05, 0.1) is 0 Å². The van der Waals surface area contributed by atoms with Gasteiger partial charge in [0.1, 0.15) is 0 Å². The molecule has 3 nitrogen and oxygen atoms in total. The van der Waals surface area contributed by atoms with Gasteiger partial charge in [-0.25, -0.2) is 8.78 Å². The fraction of sp³-hybridized carbons (Fsp3) is 0.588. The summed E-state index contributed by atoms with van der Waals surface area (Å²) in [4.78, 5) is 11.9. The number of rotatable bonds is 6. The predicted molar refractivity (Wildman–Crippen MR) is 82.5 cm³/mol. The van der Waals surface area contributed by atoms with Gasteiger partial charge >= 0.3 is 0 Å². The third-order valence-corrected chi connectivity index (χ3v) is 4.38. The number of amides is 1. The van der Waals surface area contributed by atoms with E-state index in [9.17, 15) is 13.6 Å². The molecule has 5 heteroatoms. The van der Waals surface area contributed by atoms with Crippen LogP contribution in [0.15, 0.2) is 18.2 Å². The van der Waals surface area contributed by atoms with Gasteiger partial charge in [0.25, 0.3) is 0 Å². The molecule has 2 rings (SSSR count). The van der Waals surface area contributed by atoms with Gasteiger partial charge in [-0.05, 0) is 61.9 Å². The molecule has 1 amide bonds.